The van der Waals surface area contributed by atoms with Gasteiger partial charge in [0.2, 0.25) is 0 Å². The van der Waals surface area contributed by atoms with Crippen molar-refractivity contribution in [2.45, 2.75) is 0 Å². The van der Waals surface area contributed by atoms with Crippen molar-refractivity contribution in [3.8, 4) is 0 Å². The summed E-state index contributed by atoms with van der Waals surface area (Å²) in [6, 6.07) is 15.5. The summed E-state index contributed by atoms with van der Waals surface area (Å²) in [7, 11) is 0. The molecular weight excluding hydrogens is 372 g/mol. The topological polar surface area (TPSA) is 71.7 Å². The van der Waals surface area contributed by atoms with Crippen molar-refractivity contribution in [2.75, 3.05) is 0 Å². The number of amidine groups is 1. The smallest absolute Gasteiger partial charge is 0.336 e. The van der Waals surface area contributed by atoms with Gasteiger partial charge in [-0.05, 0) is 59.8 Å². The predicted octanol–water partition coefficient (Wildman–Crippen LogP) is 4.34. The summed E-state index contributed by atoms with van der Waals surface area (Å²) in [6.45, 7) is 0. The molecule has 1 N–H and O–H groups in total. The summed E-state index contributed by atoms with van der Waals surface area (Å²) in [5, 5.41) is 4.65. The van der Waals surface area contributed by atoms with Gasteiger partial charge in [0.05, 0.1) is 10.6 Å². The number of aliphatic imine (C=N–C) groups is 1. The number of nitrogens with one attached hydrogen (secondary N) is 1. The van der Waals surface area contributed by atoms with Crippen LogP contribution in [0.1, 0.15) is 5.56 Å². The molecule has 0 bridgehead atoms. The third kappa shape index (κ3) is 3.56. The molecular formula is C19H11ClN2O3S. The Bertz CT molecular complexity index is 1130. The zero-order chi connectivity index (χ0) is 18.1. The van der Waals surface area contributed by atoms with Gasteiger partial charge >= 0.3 is 5.63 Å². The molecule has 1 aromatic heterocycles. The number of fused-ring (bicyclic) bond motifs is 1. The third-order valence-electron chi connectivity index (χ3n) is 3.65. The normalized spacial score (nSPS) is 17.2. The summed E-state index contributed by atoms with van der Waals surface area (Å²) >= 11 is 7.14. The molecule has 1 fully saturated rings. The molecule has 1 saturated heterocycles. The third-order valence-corrected chi connectivity index (χ3v) is 4.81. The van der Waals surface area contributed by atoms with Crippen LogP contribution in [0.2, 0.25) is 5.02 Å². The minimum Gasteiger partial charge on any atom is -0.423 e. The number of hydrogen-bond acceptors (Lipinski definition) is 5. The lowest BCUT2D eigenvalue weighted by molar-refractivity contribution is -0.115. The van der Waals surface area contributed by atoms with Gasteiger partial charge in [-0.25, -0.2) is 9.79 Å². The largest absolute Gasteiger partial charge is 0.423 e. The van der Waals surface area contributed by atoms with Crippen LogP contribution in [-0.4, -0.2) is 11.1 Å². The summed E-state index contributed by atoms with van der Waals surface area (Å²) < 4.78 is 5.10. The number of hydrogen-bond donors (Lipinski definition) is 1. The standard InChI is InChI=1S/C19H11ClN2O3S/c20-13-4-1-11(2-5-13)9-16-18(24)22-19(26-16)21-14-6-7-15-12(10-14)3-8-17(23)25-15/h1-10H,(H,21,22,24)/b16-9+. The number of benzene rings is 2. The second-order valence-electron chi connectivity index (χ2n) is 5.51. The highest BCUT2D eigenvalue weighted by atomic mass is 35.5. The molecule has 4 rings (SSSR count). The van der Waals surface area contributed by atoms with Crippen molar-refractivity contribution in [3.63, 3.8) is 0 Å². The molecule has 0 radical (unpaired) electrons. The fourth-order valence-electron chi connectivity index (χ4n) is 2.44. The van der Waals surface area contributed by atoms with Gasteiger partial charge in [0.15, 0.2) is 5.17 Å². The van der Waals surface area contributed by atoms with E-state index in [4.69, 9.17) is 16.0 Å². The molecule has 0 atom stereocenters. The van der Waals surface area contributed by atoms with Crippen LogP contribution in [0.25, 0.3) is 17.0 Å². The molecule has 2 aromatic carbocycles. The van der Waals surface area contributed by atoms with E-state index in [1.54, 1.807) is 42.5 Å². The van der Waals surface area contributed by atoms with Gasteiger partial charge < -0.3 is 9.73 Å². The van der Waals surface area contributed by atoms with Crippen LogP contribution in [0.5, 0.6) is 0 Å². The van der Waals surface area contributed by atoms with E-state index in [1.165, 1.54) is 17.8 Å². The molecule has 2 heterocycles. The second kappa shape index (κ2) is 6.82. The first-order valence-electron chi connectivity index (χ1n) is 7.66. The van der Waals surface area contributed by atoms with Crippen LogP contribution >= 0.6 is 23.4 Å². The quantitative estimate of drug-likeness (QED) is 0.528. The first-order chi connectivity index (χ1) is 12.6. The van der Waals surface area contributed by atoms with Crippen LogP contribution < -0.4 is 10.9 Å². The van der Waals surface area contributed by atoms with E-state index in [9.17, 15) is 9.59 Å². The summed E-state index contributed by atoms with van der Waals surface area (Å²) in [5.41, 5.74) is 1.64. The van der Waals surface area contributed by atoms with Crippen molar-refractivity contribution in [2.24, 2.45) is 4.99 Å². The van der Waals surface area contributed by atoms with Crippen molar-refractivity contribution >= 4 is 57.2 Å². The molecule has 1 amide bonds. The van der Waals surface area contributed by atoms with Crippen LogP contribution in [0.3, 0.4) is 0 Å². The molecule has 5 nitrogen and oxygen atoms in total. The Morgan fingerprint density at radius 2 is 1.85 bits per heavy atom. The Morgan fingerprint density at radius 1 is 1.04 bits per heavy atom. The number of rotatable bonds is 2. The number of amides is 1. The second-order valence-corrected chi connectivity index (χ2v) is 6.98. The molecule has 1 aliphatic heterocycles. The van der Waals surface area contributed by atoms with Gasteiger partial charge in [-0.2, -0.15) is 0 Å². The Balaban J connectivity index is 1.60. The lowest BCUT2D eigenvalue weighted by Crippen LogP contribution is -2.19. The Morgan fingerprint density at radius 3 is 2.65 bits per heavy atom. The van der Waals surface area contributed by atoms with Gasteiger partial charge in [-0.15, -0.1) is 0 Å². The summed E-state index contributed by atoms with van der Waals surface area (Å²) in [5.74, 6) is -0.199. The predicted molar refractivity (Wildman–Crippen MR) is 105 cm³/mol. The van der Waals surface area contributed by atoms with Crippen LogP contribution in [0.15, 0.2) is 73.7 Å². The van der Waals surface area contributed by atoms with Crippen LogP contribution in [-0.2, 0) is 4.79 Å². The minimum absolute atomic E-state index is 0.199. The maximum atomic E-state index is 12.1. The minimum atomic E-state index is -0.396. The number of carbonyl (C=O) groups is 1. The van der Waals surface area contributed by atoms with Crippen molar-refractivity contribution in [3.05, 3.63) is 80.5 Å². The van der Waals surface area contributed by atoms with Gasteiger partial charge in [0.25, 0.3) is 5.91 Å². The average molecular weight is 383 g/mol. The fourth-order valence-corrected chi connectivity index (χ4v) is 3.40. The lowest BCUT2D eigenvalue weighted by atomic mass is 10.2. The van der Waals surface area contributed by atoms with Gasteiger partial charge in [-0.3, -0.25) is 4.79 Å². The molecule has 0 aliphatic carbocycles. The Hall–Kier alpha value is -2.83. The molecule has 7 heteroatoms. The van der Waals surface area contributed by atoms with E-state index in [0.717, 1.165) is 10.9 Å². The van der Waals surface area contributed by atoms with Gasteiger partial charge in [0.1, 0.15) is 5.58 Å². The summed E-state index contributed by atoms with van der Waals surface area (Å²) in [4.78, 5) is 28.4. The van der Waals surface area contributed by atoms with Crippen LogP contribution in [0, 0.1) is 0 Å². The monoisotopic (exact) mass is 382 g/mol. The zero-order valence-electron chi connectivity index (χ0n) is 13.2. The van der Waals surface area contributed by atoms with Crippen molar-refractivity contribution in [1.82, 2.24) is 5.32 Å². The maximum Gasteiger partial charge on any atom is 0.336 e. The highest BCUT2D eigenvalue weighted by molar-refractivity contribution is 8.18. The Labute approximate surface area is 157 Å². The van der Waals surface area contributed by atoms with Crippen LogP contribution in [0.4, 0.5) is 5.69 Å². The molecule has 1 aliphatic rings. The molecule has 0 unspecified atom stereocenters. The maximum absolute atomic E-state index is 12.1. The van der Waals surface area contributed by atoms with Crippen molar-refractivity contribution in [1.29, 1.82) is 0 Å². The fraction of sp³-hybridized carbons (Fsp3) is 0. The molecule has 0 spiro atoms. The van der Waals surface area contributed by atoms with Gasteiger partial charge in [0, 0.05) is 16.5 Å². The van der Waals surface area contributed by atoms with E-state index in [2.05, 4.69) is 10.3 Å². The van der Waals surface area contributed by atoms with Crippen molar-refractivity contribution < 1.29 is 9.21 Å². The highest BCUT2D eigenvalue weighted by Gasteiger charge is 2.23. The number of carbonyl (C=O) groups excluding carboxylic acids is 1. The SMILES string of the molecule is O=C1NC(=Nc2ccc3oc(=O)ccc3c2)S/C1=C/c1ccc(Cl)cc1. The molecule has 26 heavy (non-hydrogen) atoms. The zero-order valence-corrected chi connectivity index (χ0v) is 14.8. The van der Waals surface area contributed by atoms with E-state index in [1.807, 2.05) is 12.1 Å². The van der Waals surface area contributed by atoms with E-state index >= 15 is 0 Å². The molecule has 128 valence electrons. The van der Waals surface area contributed by atoms with E-state index in [-0.39, 0.29) is 5.91 Å². The first-order valence-corrected chi connectivity index (χ1v) is 8.85. The van der Waals surface area contributed by atoms with E-state index in [0.29, 0.717) is 26.4 Å². The number of nitrogens with zero attached hydrogens (tertiary/aromatic N) is 1. The average Bonchev–Trinajstić information content (AvgIpc) is 2.96. The lowest BCUT2D eigenvalue weighted by Gasteiger charge is -1.99. The number of thioether (sulfide) groups is 1. The Kier molecular flexibility index (Phi) is 4.36. The number of halogens is 1. The summed E-state index contributed by atoms with van der Waals surface area (Å²) in [6.07, 6.45) is 1.79. The van der Waals surface area contributed by atoms with Gasteiger partial charge in [-0.1, -0.05) is 23.7 Å². The van der Waals surface area contributed by atoms with E-state index < -0.39 is 5.63 Å². The highest BCUT2D eigenvalue weighted by Crippen LogP contribution is 2.29. The molecule has 3 aromatic rings. The first kappa shape index (κ1) is 16.6. The molecule has 0 saturated carbocycles.